The molecule has 1 amide bonds. The fourth-order valence-electron chi connectivity index (χ4n) is 5.08. The fraction of sp³-hybridized carbons (Fsp3) is 0.700. The lowest BCUT2D eigenvalue weighted by atomic mass is 10.00. The van der Waals surface area contributed by atoms with Gasteiger partial charge < -0.3 is 59.6 Å². The third-order valence-corrected chi connectivity index (χ3v) is 9.19. The topological polar surface area (TPSA) is 277 Å². The Bertz CT molecular complexity index is 1440. The molecule has 0 spiro atoms. The van der Waals surface area contributed by atoms with E-state index in [0.717, 1.165) is 0 Å². The van der Waals surface area contributed by atoms with Gasteiger partial charge >= 0.3 is 7.82 Å². The number of aliphatic hydroxyl groups is 3. The number of nitrogens with zero attached hydrogens (tertiary/aromatic N) is 4. The molecule has 6 atom stereocenters. The highest BCUT2D eigenvalue weighted by atomic mass is 31.2. The van der Waals surface area contributed by atoms with Crippen molar-refractivity contribution in [2.45, 2.75) is 56.3 Å². The van der Waals surface area contributed by atoms with Gasteiger partial charge in [-0.25, -0.2) is 19.5 Å². The highest BCUT2D eigenvalue weighted by molar-refractivity contribution is 7.48. The Morgan fingerprint density at radius 1 is 1.08 bits per heavy atom. The quantitative estimate of drug-likeness (QED) is 0.0278. The van der Waals surface area contributed by atoms with Gasteiger partial charge in [-0.15, -0.1) is 0 Å². The number of rotatable bonds is 27. The van der Waals surface area contributed by atoms with E-state index in [9.17, 15) is 24.4 Å². The second-order valence-electron chi connectivity index (χ2n) is 11.2. The van der Waals surface area contributed by atoms with Crippen molar-refractivity contribution in [3.63, 3.8) is 0 Å². The van der Waals surface area contributed by atoms with Gasteiger partial charge in [0.25, 0.3) is 0 Å². The SMILES string of the molecule is COCC1OC(n2cnc3c(N)ncnc32)C(OCOCCOCCNC(=O)CCCCOCCC(O)C(C=O)/C(O)=C/O)C1OP(=O)(OC)OC. The number of carbonyl (C=O) groups is 2. The van der Waals surface area contributed by atoms with Crippen LogP contribution in [0.15, 0.2) is 24.7 Å². The zero-order valence-corrected chi connectivity index (χ0v) is 30.2. The van der Waals surface area contributed by atoms with Gasteiger partial charge in [-0.3, -0.25) is 22.9 Å². The van der Waals surface area contributed by atoms with Crippen LogP contribution in [0.5, 0.6) is 0 Å². The van der Waals surface area contributed by atoms with E-state index < -0.39 is 50.1 Å². The maximum atomic E-state index is 13.0. The molecule has 1 aliphatic rings. The smallest absolute Gasteiger partial charge is 0.474 e. The maximum Gasteiger partial charge on any atom is 0.474 e. The van der Waals surface area contributed by atoms with E-state index in [4.69, 9.17) is 52.8 Å². The minimum absolute atomic E-state index is 0.0487. The van der Waals surface area contributed by atoms with Crippen LogP contribution in [0.2, 0.25) is 0 Å². The van der Waals surface area contributed by atoms with E-state index in [-0.39, 0.29) is 64.4 Å². The first kappa shape index (κ1) is 43.1. The van der Waals surface area contributed by atoms with Gasteiger partial charge in [-0.05, 0) is 19.3 Å². The molecule has 22 heteroatoms. The molecule has 0 aromatic carbocycles. The molecule has 0 radical (unpaired) electrons. The van der Waals surface area contributed by atoms with Gasteiger partial charge in [0.15, 0.2) is 17.7 Å². The summed E-state index contributed by atoms with van der Waals surface area (Å²) in [6.07, 6.45) is 0.231. The molecule has 2 aromatic heterocycles. The van der Waals surface area contributed by atoms with Crippen LogP contribution in [0.4, 0.5) is 5.82 Å². The molecule has 3 heterocycles. The number of methoxy groups -OCH3 is 1. The Hall–Kier alpha value is -3.34. The summed E-state index contributed by atoms with van der Waals surface area (Å²) in [6, 6.07) is 0. The van der Waals surface area contributed by atoms with E-state index in [1.807, 2.05) is 0 Å². The fourth-order valence-corrected chi connectivity index (χ4v) is 5.95. The number of carbonyl (C=O) groups excluding carboxylic acids is 2. The van der Waals surface area contributed by atoms with Crippen molar-refractivity contribution >= 4 is 37.0 Å². The third kappa shape index (κ3) is 12.7. The summed E-state index contributed by atoms with van der Waals surface area (Å²) < 4.78 is 64.5. The van der Waals surface area contributed by atoms with Crippen LogP contribution in [0.3, 0.4) is 0 Å². The van der Waals surface area contributed by atoms with Crippen LogP contribution in [0.1, 0.15) is 31.9 Å². The normalized spacial score (nSPS) is 20.7. The van der Waals surface area contributed by atoms with Crippen molar-refractivity contribution in [2.75, 3.05) is 80.0 Å². The summed E-state index contributed by atoms with van der Waals surface area (Å²) in [6.45, 7) is 1.21. The van der Waals surface area contributed by atoms with E-state index in [2.05, 4.69) is 20.3 Å². The van der Waals surface area contributed by atoms with Gasteiger partial charge in [0.1, 0.15) is 61.2 Å². The summed E-state index contributed by atoms with van der Waals surface area (Å²) >= 11 is 0. The lowest BCUT2D eigenvalue weighted by Gasteiger charge is -2.26. The number of aldehydes is 1. The predicted molar refractivity (Wildman–Crippen MR) is 180 cm³/mol. The number of aromatic nitrogens is 4. The first-order valence-electron chi connectivity index (χ1n) is 16.4. The number of fused-ring (bicyclic) bond motifs is 1. The number of hydrogen-bond acceptors (Lipinski definition) is 19. The summed E-state index contributed by atoms with van der Waals surface area (Å²) in [5.74, 6) is -1.80. The molecule has 1 fully saturated rings. The molecule has 0 aliphatic carbocycles. The Labute approximate surface area is 300 Å². The summed E-state index contributed by atoms with van der Waals surface area (Å²) in [7, 11) is -0.140. The van der Waals surface area contributed by atoms with Crippen LogP contribution in [-0.4, -0.2) is 146 Å². The summed E-state index contributed by atoms with van der Waals surface area (Å²) in [5.41, 5.74) is 6.69. The number of amides is 1. The number of nitrogen functional groups attached to an aromatic ring is 1. The Morgan fingerprint density at radius 3 is 2.54 bits per heavy atom. The largest absolute Gasteiger partial charge is 0.512 e. The average molecular weight is 765 g/mol. The molecule has 1 saturated heterocycles. The van der Waals surface area contributed by atoms with E-state index in [1.165, 1.54) is 34.0 Å². The highest BCUT2D eigenvalue weighted by Gasteiger charge is 2.51. The van der Waals surface area contributed by atoms with Gasteiger partial charge in [-0.2, -0.15) is 0 Å². The maximum absolute atomic E-state index is 13.0. The molecular weight excluding hydrogens is 715 g/mol. The van der Waals surface area contributed by atoms with Crippen LogP contribution >= 0.6 is 7.82 Å². The second kappa shape index (κ2) is 22.7. The lowest BCUT2D eigenvalue weighted by molar-refractivity contribution is -0.142. The van der Waals surface area contributed by atoms with Crippen LogP contribution in [0.25, 0.3) is 11.2 Å². The number of imidazole rings is 1. The summed E-state index contributed by atoms with van der Waals surface area (Å²) in [4.78, 5) is 35.6. The number of nitrogens with two attached hydrogens (primary N) is 1. The Kier molecular flexibility index (Phi) is 18.8. The third-order valence-electron chi connectivity index (χ3n) is 7.80. The second-order valence-corrected chi connectivity index (χ2v) is 13.1. The molecule has 52 heavy (non-hydrogen) atoms. The number of hydrogen-bond donors (Lipinski definition) is 5. The number of nitrogens with one attached hydrogen (secondary N) is 1. The van der Waals surface area contributed by atoms with Crippen molar-refractivity contribution in [2.24, 2.45) is 5.92 Å². The molecule has 2 aromatic rings. The molecule has 294 valence electrons. The average Bonchev–Trinajstić information content (AvgIpc) is 3.72. The first-order chi connectivity index (χ1) is 25.1. The molecule has 1 aliphatic heterocycles. The summed E-state index contributed by atoms with van der Waals surface area (Å²) in [5, 5.41) is 30.9. The highest BCUT2D eigenvalue weighted by Crippen LogP contribution is 2.52. The van der Waals surface area contributed by atoms with E-state index in [1.54, 1.807) is 4.57 Å². The van der Waals surface area contributed by atoms with Crippen LogP contribution in [-0.2, 0) is 56.1 Å². The van der Waals surface area contributed by atoms with Gasteiger partial charge in [0, 0.05) is 47.5 Å². The number of unbranched alkanes of at least 4 members (excludes halogenated alkanes) is 1. The molecule has 0 bridgehead atoms. The number of aliphatic hydroxyl groups excluding tert-OH is 3. The van der Waals surface area contributed by atoms with Gasteiger partial charge in [0.2, 0.25) is 5.91 Å². The standard InChI is InChI=1S/C30H49N6O15P/c1-43-16-23-26(51-52(42,44-2)45-3)27(30(50-23)36-18-35-25-28(31)33-17-34-29(25)36)49-19-48-13-12-47-11-8-32-24(41)6-4-5-9-46-10-7-21(39)20(14-37)22(40)15-38/h14-15,17-18,20-21,23,26-27,30,38-40H,4-13,16,19H2,1-3H3,(H,32,41)(H2,31,33,34)/b22-15-. The zero-order valence-electron chi connectivity index (χ0n) is 29.3. The monoisotopic (exact) mass is 764 g/mol. The van der Waals surface area contributed by atoms with Crippen molar-refractivity contribution in [3.05, 3.63) is 24.7 Å². The van der Waals surface area contributed by atoms with Crippen LogP contribution in [0, 0.1) is 5.92 Å². The van der Waals surface area contributed by atoms with Crippen molar-refractivity contribution in [1.82, 2.24) is 24.8 Å². The van der Waals surface area contributed by atoms with E-state index in [0.29, 0.717) is 49.7 Å². The number of anilines is 1. The molecule has 21 nitrogen and oxygen atoms in total. The zero-order chi connectivity index (χ0) is 37.9. The van der Waals surface area contributed by atoms with Crippen molar-refractivity contribution in [1.29, 1.82) is 0 Å². The molecule has 6 unspecified atom stereocenters. The van der Waals surface area contributed by atoms with Crippen LogP contribution < -0.4 is 11.1 Å². The van der Waals surface area contributed by atoms with Gasteiger partial charge in [-0.1, -0.05) is 0 Å². The molecular formula is C30H49N6O15P. The molecule has 0 saturated carbocycles. The minimum Gasteiger partial charge on any atom is -0.512 e. The Balaban J connectivity index is 1.36. The van der Waals surface area contributed by atoms with Crippen molar-refractivity contribution < 1.29 is 71.5 Å². The van der Waals surface area contributed by atoms with Crippen molar-refractivity contribution in [3.8, 4) is 0 Å². The minimum atomic E-state index is -3.99. The predicted octanol–water partition coefficient (Wildman–Crippen LogP) is 0.941. The first-order valence-corrected chi connectivity index (χ1v) is 17.8. The number of ether oxygens (including phenoxy) is 6. The molecule has 6 N–H and O–H groups in total. The lowest BCUT2D eigenvalue weighted by Crippen LogP contribution is -2.38. The number of phosphoric acid groups is 1. The molecule has 3 rings (SSSR count). The Morgan fingerprint density at radius 2 is 1.83 bits per heavy atom. The van der Waals surface area contributed by atoms with E-state index >= 15 is 0 Å². The number of phosphoric ester groups is 1. The van der Waals surface area contributed by atoms with Gasteiger partial charge in [0.05, 0.1) is 38.9 Å².